The summed E-state index contributed by atoms with van der Waals surface area (Å²) in [6.45, 7) is 0.244. The van der Waals surface area contributed by atoms with Crippen LogP contribution in [0, 0.1) is 0 Å². The molecule has 0 amide bonds. The fourth-order valence-electron chi connectivity index (χ4n) is 1.51. The highest BCUT2D eigenvalue weighted by Crippen LogP contribution is 2.20. The second-order valence-corrected chi connectivity index (χ2v) is 5.88. The third-order valence-electron chi connectivity index (χ3n) is 2.44. The van der Waals surface area contributed by atoms with E-state index < -0.39 is 10.0 Å². The van der Waals surface area contributed by atoms with Gasteiger partial charge in [0, 0.05) is 6.54 Å². The van der Waals surface area contributed by atoms with Crippen LogP contribution in [0.3, 0.4) is 0 Å². The van der Waals surface area contributed by atoms with E-state index in [9.17, 15) is 8.42 Å². The van der Waals surface area contributed by atoms with Gasteiger partial charge < -0.3 is 0 Å². The lowest BCUT2D eigenvalue weighted by atomic mass is 10.2. The van der Waals surface area contributed by atoms with Crippen LogP contribution < -0.4 is 4.72 Å². The van der Waals surface area contributed by atoms with Gasteiger partial charge in [0.2, 0.25) is 10.0 Å². The minimum absolute atomic E-state index is 0.0996. The first kappa shape index (κ1) is 13.1. The summed E-state index contributed by atoms with van der Waals surface area (Å²) in [4.78, 5) is 0.0996. The van der Waals surface area contributed by atoms with Gasteiger partial charge >= 0.3 is 0 Å². The van der Waals surface area contributed by atoms with E-state index in [2.05, 4.69) is 4.72 Å². The van der Waals surface area contributed by atoms with Crippen LogP contribution in [-0.4, -0.2) is 8.42 Å². The average molecular weight is 282 g/mol. The van der Waals surface area contributed by atoms with Gasteiger partial charge in [-0.15, -0.1) is 0 Å². The predicted octanol–water partition coefficient (Wildman–Crippen LogP) is 2.82. The number of hydrogen-bond donors (Lipinski definition) is 1. The molecule has 0 fully saturated rings. The zero-order chi connectivity index (χ0) is 13.0. The maximum atomic E-state index is 12.0. The van der Waals surface area contributed by atoms with E-state index in [0.717, 1.165) is 5.56 Å². The molecule has 0 aliphatic rings. The van der Waals surface area contributed by atoms with Crippen molar-refractivity contribution in [2.75, 3.05) is 0 Å². The van der Waals surface area contributed by atoms with Crippen LogP contribution in [0.15, 0.2) is 59.5 Å². The molecule has 0 saturated carbocycles. The molecule has 18 heavy (non-hydrogen) atoms. The molecule has 0 atom stereocenters. The highest BCUT2D eigenvalue weighted by molar-refractivity contribution is 7.89. The van der Waals surface area contributed by atoms with Gasteiger partial charge in [0.1, 0.15) is 4.90 Å². The molecule has 0 spiro atoms. The number of sulfonamides is 1. The first-order valence-electron chi connectivity index (χ1n) is 5.38. The lowest BCUT2D eigenvalue weighted by Gasteiger charge is -2.08. The van der Waals surface area contributed by atoms with Crippen LogP contribution >= 0.6 is 11.6 Å². The highest BCUT2D eigenvalue weighted by atomic mass is 35.5. The van der Waals surface area contributed by atoms with Crippen LogP contribution in [0.25, 0.3) is 0 Å². The maximum Gasteiger partial charge on any atom is 0.242 e. The van der Waals surface area contributed by atoms with E-state index in [4.69, 9.17) is 11.6 Å². The van der Waals surface area contributed by atoms with E-state index >= 15 is 0 Å². The summed E-state index contributed by atoms with van der Waals surface area (Å²) in [6, 6.07) is 15.7. The Kier molecular flexibility index (Phi) is 4.01. The zero-order valence-electron chi connectivity index (χ0n) is 9.51. The molecule has 0 unspecified atom stereocenters. The first-order valence-corrected chi connectivity index (χ1v) is 7.24. The van der Waals surface area contributed by atoms with Gasteiger partial charge in [-0.05, 0) is 17.7 Å². The number of rotatable bonds is 4. The lowest BCUT2D eigenvalue weighted by molar-refractivity contribution is 0.581. The van der Waals surface area contributed by atoms with Crippen molar-refractivity contribution < 1.29 is 8.42 Å². The number of halogens is 1. The fourth-order valence-corrected chi connectivity index (χ4v) is 3.05. The Morgan fingerprint density at radius 2 is 1.56 bits per heavy atom. The standard InChI is InChI=1S/C13H12ClNO2S/c14-12-8-4-5-9-13(12)18(16,17)15-10-11-6-2-1-3-7-11/h1-9,15H,10H2. The molecule has 0 aliphatic carbocycles. The zero-order valence-corrected chi connectivity index (χ0v) is 11.1. The smallest absolute Gasteiger partial charge is 0.207 e. The SMILES string of the molecule is O=S(=O)(NCc1ccccc1)c1ccccc1Cl. The molecule has 2 aromatic rings. The van der Waals surface area contributed by atoms with Crippen LogP contribution in [0.1, 0.15) is 5.56 Å². The average Bonchev–Trinajstić information content (AvgIpc) is 2.38. The summed E-state index contributed by atoms with van der Waals surface area (Å²) in [5, 5.41) is 0.220. The molecule has 5 heteroatoms. The Bertz CT molecular complexity index is 626. The van der Waals surface area contributed by atoms with E-state index in [0.29, 0.717) is 0 Å². The second-order valence-electron chi connectivity index (χ2n) is 3.74. The first-order chi connectivity index (χ1) is 8.59. The second kappa shape index (κ2) is 5.52. The molecule has 1 N–H and O–H groups in total. The van der Waals surface area contributed by atoms with Gasteiger partial charge in [0.25, 0.3) is 0 Å². The van der Waals surface area contributed by atoms with Crippen molar-refractivity contribution in [3.05, 3.63) is 65.2 Å². The van der Waals surface area contributed by atoms with E-state index in [1.165, 1.54) is 6.07 Å². The number of hydrogen-bond acceptors (Lipinski definition) is 2. The molecule has 2 rings (SSSR count). The topological polar surface area (TPSA) is 46.2 Å². The lowest BCUT2D eigenvalue weighted by Crippen LogP contribution is -2.23. The molecule has 3 nitrogen and oxygen atoms in total. The monoisotopic (exact) mass is 281 g/mol. The van der Waals surface area contributed by atoms with Crippen molar-refractivity contribution in [3.63, 3.8) is 0 Å². The summed E-state index contributed by atoms with van der Waals surface area (Å²) < 4.78 is 26.6. The van der Waals surface area contributed by atoms with Crippen LogP contribution in [-0.2, 0) is 16.6 Å². The molecule has 2 aromatic carbocycles. The van der Waals surface area contributed by atoms with Crippen molar-refractivity contribution in [3.8, 4) is 0 Å². The molecule has 0 aliphatic heterocycles. The van der Waals surface area contributed by atoms with Crippen LogP contribution in [0.4, 0.5) is 0 Å². The maximum absolute atomic E-state index is 12.0. The van der Waals surface area contributed by atoms with Crippen molar-refractivity contribution in [1.82, 2.24) is 4.72 Å². The fraction of sp³-hybridized carbons (Fsp3) is 0.0769. The Hall–Kier alpha value is -1.36. The molecule has 0 bridgehead atoms. The van der Waals surface area contributed by atoms with Gasteiger partial charge in [0.15, 0.2) is 0 Å². The largest absolute Gasteiger partial charge is 0.242 e. The van der Waals surface area contributed by atoms with E-state index in [1.54, 1.807) is 18.2 Å². The summed E-state index contributed by atoms with van der Waals surface area (Å²) in [6.07, 6.45) is 0. The Balaban J connectivity index is 2.16. The molecule has 94 valence electrons. The summed E-state index contributed by atoms with van der Waals surface area (Å²) in [7, 11) is -3.57. The van der Waals surface area contributed by atoms with Crippen LogP contribution in [0.2, 0.25) is 5.02 Å². The highest BCUT2D eigenvalue weighted by Gasteiger charge is 2.16. The minimum atomic E-state index is -3.57. The predicted molar refractivity (Wildman–Crippen MR) is 71.9 cm³/mol. The van der Waals surface area contributed by atoms with Crippen LogP contribution in [0.5, 0.6) is 0 Å². The van der Waals surface area contributed by atoms with Gasteiger partial charge in [-0.1, -0.05) is 54.1 Å². The van der Waals surface area contributed by atoms with Gasteiger partial charge in [-0.2, -0.15) is 0 Å². The molecule has 0 heterocycles. The Labute approximate surface area is 111 Å². The molecule has 0 saturated heterocycles. The minimum Gasteiger partial charge on any atom is -0.207 e. The quantitative estimate of drug-likeness (QED) is 0.937. The van der Waals surface area contributed by atoms with Gasteiger partial charge in [-0.25, -0.2) is 13.1 Å². The summed E-state index contributed by atoms with van der Waals surface area (Å²) >= 11 is 5.87. The van der Waals surface area contributed by atoms with E-state index in [1.807, 2.05) is 30.3 Å². The van der Waals surface area contributed by atoms with E-state index in [-0.39, 0.29) is 16.5 Å². The number of benzene rings is 2. The van der Waals surface area contributed by atoms with Crippen molar-refractivity contribution in [2.24, 2.45) is 0 Å². The summed E-state index contributed by atoms with van der Waals surface area (Å²) in [5.41, 5.74) is 0.896. The van der Waals surface area contributed by atoms with Crippen molar-refractivity contribution in [1.29, 1.82) is 0 Å². The molecule has 0 aromatic heterocycles. The Morgan fingerprint density at radius 3 is 2.22 bits per heavy atom. The molecule has 0 radical (unpaired) electrons. The molecular formula is C13H12ClNO2S. The Morgan fingerprint density at radius 1 is 0.944 bits per heavy atom. The van der Waals surface area contributed by atoms with Crippen molar-refractivity contribution in [2.45, 2.75) is 11.4 Å². The number of nitrogens with one attached hydrogen (secondary N) is 1. The van der Waals surface area contributed by atoms with Gasteiger partial charge in [-0.3, -0.25) is 0 Å². The third-order valence-corrected chi connectivity index (χ3v) is 4.34. The van der Waals surface area contributed by atoms with Crippen molar-refractivity contribution >= 4 is 21.6 Å². The molecular weight excluding hydrogens is 270 g/mol. The third kappa shape index (κ3) is 3.10. The van der Waals surface area contributed by atoms with Gasteiger partial charge in [0.05, 0.1) is 5.02 Å². The normalized spacial score (nSPS) is 11.4. The summed E-state index contributed by atoms with van der Waals surface area (Å²) in [5.74, 6) is 0.